The van der Waals surface area contributed by atoms with E-state index in [2.05, 4.69) is 34.1 Å². The third-order valence-corrected chi connectivity index (χ3v) is 4.99. The van der Waals surface area contributed by atoms with Crippen molar-refractivity contribution in [2.24, 2.45) is 5.92 Å². The highest BCUT2D eigenvalue weighted by molar-refractivity contribution is 5.86. The lowest BCUT2D eigenvalue weighted by Crippen LogP contribution is -2.40. The molecule has 0 spiro atoms. The van der Waals surface area contributed by atoms with E-state index in [-0.39, 0.29) is 18.0 Å². The highest BCUT2D eigenvalue weighted by Gasteiger charge is 2.11. The van der Waals surface area contributed by atoms with Crippen molar-refractivity contribution in [3.05, 3.63) is 57.4 Å². The van der Waals surface area contributed by atoms with E-state index >= 15 is 0 Å². The first-order valence-electron chi connectivity index (χ1n) is 11.6. The standard InChI is InChI=1S/C20H33N3O4.C4H4N2/c1-15(2)11-9-7-5-4-6-8-10-12-17(24)21-13-18(25)23-14-16(3)19(26)22-20(23)27;1-2-5-4-6-3-1/h14-15H,4-13H2,1-3H3,(H,21,24)(H,22,26,27);1-4H. The number of carbonyl (C=O) groups excluding carboxylic acids is 2. The number of carbonyl (C=O) groups is 2. The summed E-state index contributed by atoms with van der Waals surface area (Å²) in [6.45, 7) is 5.74. The van der Waals surface area contributed by atoms with Crippen LogP contribution in [0.3, 0.4) is 0 Å². The zero-order chi connectivity index (χ0) is 24.5. The summed E-state index contributed by atoms with van der Waals surface area (Å²) in [6, 6.07) is 1.78. The van der Waals surface area contributed by atoms with Crippen molar-refractivity contribution in [2.75, 3.05) is 6.54 Å². The van der Waals surface area contributed by atoms with Gasteiger partial charge in [0.25, 0.3) is 11.5 Å². The molecule has 0 fully saturated rings. The number of aromatic nitrogens is 4. The van der Waals surface area contributed by atoms with E-state index in [1.807, 2.05) is 0 Å². The van der Waals surface area contributed by atoms with Gasteiger partial charge in [0.2, 0.25) is 5.91 Å². The summed E-state index contributed by atoms with van der Waals surface area (Å²) >= 11 is 0. The summed E-state index contributed by atoms with van der Waals surface area (Å²) in [6.07, 6.45) is 15.7. The monoisotopic (exact) mass is 459 g/mol. The van der Waals surface area contributed by atoms with Gasteiger partial charge in [0, 0.05) is 30.6 Å². The van der Waals surface area contributed by atoms with E-state index in [0.717, 1.165) is 29.7 Å². The fourth-order valence-corrected chi connectivity index (χ4v) is 3.08. The molecule has 2 heterocycles. The maximum Gasteiger partial charge on any atom is 0.335 e. The molecule has 2 rings (SSSR count). The maximum absolute atomic E-state index is 12.0. The van der Waals surface area contributed by atoms with Gasteiger partial charge in [-0.05, 0) is 25.3 Å². The Labute approximate surface area is 195 Å². The third-order valence-electron chi connectivity index (χ3n) is 4.99. The van der Waals surface area contributed by atoms with Crippen LogP contribution in [-0.2, 0) is 4.79 Å². The van der Waals surface area contributed by atoms with Crippen molar-refractivity contribution >= 4 is 11.8 Å². The number of hydrogen-bond acceptors (Lipinski definition) is 6. The number of amides is 1. The third kappa shape index (κ3) is 13.1. The van der Waals surface area contributed by atoms with E-state index in [0.29, 0.717) is 6.42 Å². The molecule has 9 heteroatoms. The van der Waals surface area contributed by atoms with Gasteiger partial charge in [0.1, 0.15) is 6.33 Å². The molecule has 2 aromatic heterocycles. The van der Waals surface area contributed by atoms with Gasteiger partial charge in [-0.25, -0.2) is 19.3 Å². The van der Waals surface area contributed by atoms with Gasteiger partial charge in [0.15, 0.2) is 0 Å². The van der Waals surface area contributed by atoms with Crippen LogP contribution in [0.15, 0.2) is 40.6 Å². The van der Waals surface area contributed by atoms with Crippen LogP contribution in [0.2, 0.25) is 0 Å². The smallest absolute Gasteiger partial charge is 0.335 e. The predicted octanol–water partition coefficient (Wildman–Crippen LogP) is 3.24. The molecular formula is C24H37N5O4. The second-order valence-electron chi connectivity index (χ2n) is 8.42. The zero-order valence-corrected chi connectivity index (χ0v) is 20.0. The topological polar surface area (TPSA) is 127 Å². The Bertz CT molecular complexity index is 911. The predicted molar refractivity (Wildman–Crippen MR) is 128 cm³/mol. The van der Waals surface area contributed by atoms with Gasteiger partial charge >= 0.3 is 5.69 Å². The van der Waals surface area contributed by atoms with Crippen LogP contribution in [0.25, 0.3) is 0 Å². The molecular weight excluding hydrogens is 422 g/mol. The van der Waals surface area contributed by atoms with Gasteiger partial charge in [-0.3, -0.25) is 19.4 Å². The molecule has 0 saturated carbocycles. The number of unbranched alkanes of at least 4 members (excludes halogenated alkanes) is 6. The molecule has 182 valence electrons. The summed E-state index contributed by atoms with van der Waals surface area (Å²) in [5, 5.41) is 2.53. The largest absolute Gasteiger partial charge is 0.347 e. The maximum atomic E-state index is 12.0. The number of aryl methyl sites for hydroxylation is 1. The van der Waals surface area contributed by atoms with Crippen molar-refractivity contribution in [3.8, 4) is 0 Å². The summed E-state index contributed by atoms with van der Waals surface area (Å²) in [5.74, 6) is 0.00537. The summed E-state index contributed by atoms with van der Waals surface area (Å²) < 4.78 is 0.816. The molecule has 0 atom stereocenters. The number of nitrogens with zero attached hydrogens (tertiary/aromatic N) is 3. The molecule has 0 bridgehead atoms. The van der Waals surface area contributed by atoms with Gasteiger partial charge in [-0.15, -0.1) is 0 Å². The minimum atomic E-state index is -0.793. The van der Waals surface area contributed by atoms with E-state index in [9.17, 15) is 19.2 Å². The SMILES string of the molecule is Cc1cn(C(=O)CNC(=O)CCCCCCCCCC(C)C)c(=O)[nH]c1=O.c1cncnc1. The molecule has 2 N–H and O–H groups in total. The summed E-state index contributed by atoms with van der Waals surface area (Å²) in [4.78, 5) is 56.2. The first-order chi connectivity index (χ1) is 15.8. The number of aromatic amines is 1. The quantitative estimate of drug-likeness (QED) is 0.469. The normalized spacial score (nSPS) is 10.4. The van der Waals surface area contributed by atoms with Crippen molar-refractivity contribution in [1.82, 2.24) is 24.8 Å². The number of rotatable bonds is 12. The van der Waals surface area contributed by atoms with Gasteiger partial charge in [0.05, 0.1) is 6.54 Å². The Hall–Kier alpha value is -3.10. The van der Waals surface area contributed by atoms with Crippen LogP contribution in [-0.4, -0.2) is 37.9 Å². The molecule has 0 aromatic carbocycles. The average Bonchev–Trinajstić information content (AvgIpc) is 2.80. The Kier molecular flexibility index (Phi) is 14.0. The molecule has 0 unspecified atom stereocenters. The summed E-state index contributed by atoms with van der Waals surface area (Å²) in [5.41, 5.74) is -1.05. The second kappa shape index (κ2) is 16.5. The van der Waals surface area contributed by atoms with Gasteiger partial charge in [-0.1, -0.05) is 58.8 Å². The molecule has 0 radical (unpaired) electrons. The van der Waals surface area contributed by atoms with Crippen LogP contribution in [0.5, 0.6) is 0 Å². The second-order valence-corrected chi connectivity index (χ2v) is 8.42. The van der Waals surface area contributed by atoms with Crippen LogP contribution >= 0.6 is 0 Å². The number of hydrogen-bond donors (Lipinski definition) is 2. The molecule has 0 saturated heterocycles. The molecule has 2 aromatic rings. The van der Waals surface area contributed by atoms with Crippen molar-refractivity contribution < 1.29 is 9.59 Å². The Morgan fingerprint density at radius 1 is 1.00 bits per heavy atom. The minimum Gasteiger partial charge on any atom is -0.347 e. The van der Waals surface area contributed by atoms with Crippen LogP contribution in [0, 0.1) is 12.8 Å². The molecule has 0 aliphatic carbocycles. The number of nitrogens with one attached hydrogen (secondary N) is 2. The van der Waals surface area contributed by atoms with Crippen molar-refractivity contribution in [3.63, 3.8) is 0 Å². The lowest BCUT2D eigenvalue weighted by atomic mass is 10.0. The molecule has 1 amide bonds. The first-order valence-corrected chi connectivity index (χ1v) is 11.6. The fourth-order valence-electron chi connectivity index (χ4n) is 3.08. The van der Waals surface area contributed by atoms with E-state index in [4.69, 9.17) is 0 Å². The van der Waals surface area contributed by atoms with Crippen LogP contribution in [0.1, 0.15) is 82.0 Å². The molecule has 33 heavy (non-hydrogen) atoms. The Morgan fingerprint density at radius 2 is 1.61 bits per heavy atom. The molecule has 9 nitrogen and oxygen atoms in total. The molecule has 0 aliphatic heterocycles. The van der Waals surface area contributed by atoms with Crippen LogP contribution < -0.4 is 16.6 Å². The highest BCUT2D eigenvalue weighted by Crippen LogP contribution is 2.12. The Morgan fingerprint density at radius 3 is 2.15 bits per heavy atom. The highest BCUT2D eigenvalue weighted by atomic mass is 16.2. The van der Waals surface area contributed by atoms with E-state index < -0.39 is 17.2 Å². The zero-order valence-electron chi connectivity index (χ0n) is 20.0. The van der Waals surface area contributed by atoms with Gasteiger partial charge in [-0.2, -0.15) is 0 Å². The molecule has 0 aliphatic rings. The van der Waals surface area contributed by atoms with E-state index in [1.165, 1.54) is 51.6 Å². The first kappa shape index (κ1) is 27.9. The average molecular weight is 460 g/mol. The van der Waals surface area contributed by atoms with Crippen molar-refractivity contribution in [1.29, 1.82) is 0 Å². The number of H-pyrrole nitrogens is 1. The Balaban J connectivity index is 0.000000779. The van der Waals surface area contributed by atoms with Crippen molar-refractivity contribution in [2.45, 2.75) is 78.6 Å². The fraction of sp³-hybridized carbons (Fsp3) is 0.583. The van der Waals surface area contributed by atoms with Gasteiger partial charge < -0.3 is 5.32 Å². The summed E-state index contributed by atoms with van der Waals surface area (Å²) in [7, 11) is 0. The minimum absolute atomic E-state index is 0.200. The van der Waals surface area contributed by atoms with Crippen LogP contribution in [0.4, 0.5) is 0 Å². The lowest BCUT2D eigenvalue weighted by molar-refractivity contribution is -0.121. The van der Waals surface area contributed by atoms with E-state index in [1.54, 1.807) is 18.5 Å². The lowest BCUT2D eigenvalue weighted by Gasteiger charge is -2.07.